The Kier molecular flexibility index (Phi) is 4.11. The molecule has 110 valence electrons. The Bertz CT molecular complexity index is 594. The molecule has 0 saturated heterocycles. The van der Waals surface area contributed by atoms with E-state index < -0.39 is 0 Å². The summed E-state index contributed by atoms with van der Waals surface area (Å²) in [5, 5.41) is 3.63. The molecule has 3 nitrogen and oxygen atoms in total. The second kappa shape index (κ2) is 6.19. The van der Waals surface area contributed by atoms with Gasteiger partial charge in [0.05, 0.1) is 13.2 Å². The molecule has 0 amide bonds. The van der Waals surface area contributed by atoms with Crippen LogP contribution in [0, 0.1) is 0 Å². The molecule has 1 heterocycles. The van der Waals surface area contributed by atoms with E-state index in [9.17, 15) is 0 Å². The van der Waals surface area contributed by atoms with Crippen LogP contribution < -0.4 is 15.0 Å². The maximum absolute atomic E-state index is 5.21. The van der Waals surface area contributed by atoms with Gasteiger partial charge in [-0.25, -0.2) is 0 Å². The predicted octanol–water partition coefficient (Wildman–Crippen LogP) is 3.02. The minimum atomic E-state index is 0.391. The highest BCUT2D eigenvalue weighted by Gasteiger charge is 2.20. The van der Waals surface area contributed by atoms with Gasteiger partial charge in [0.15, 0.2) is 0 Å². The summed E-state index contributed by atoms with van der Waals surface area (Å²) in [4.78, 5) is 2.29. The van der Waals surface area contributed by atoms with Gasteiger partial charge in [0, 0.05) is 19.3 Å². The fourth-order valence-electron chi connectivity index (χ4n) is 2.97. The number of likely N-dealkylation sites (N-methyl/N-ethyl adjacent to an activating group) is 1. The third-order valence-electron chi connectivity index (χ3n) is 4.19. The van der Waals surface area contributed by atoms with Crippen molar-refractivity contribution in [2.24, 2.45) is 0 Å². The normalized spacial score (nSPS) is 17.1. The van der Waals surface area contributed by atoms with E-state index >= 15 is 0 Å². The molecule has 0 spiro atoms. The highest BCUT2D eigenvalue weighted by molar-refractivity contribution is 5.49. The Morgan fingerprint density at radius 1 is 1.14 bits per heavy atom. The summed E-state index contributed by atoms with van der Waals surface area (Å²) in [5.74, 6) is 0.897. The maximum Gasteiger partial charge on any atom is 0.119 e. The van der Waals surface area contributed by atoms with Gasteiger partial charge >= 0.3 is 0 Å². The average molecular weight is 282 g/mol. The Hall–Kier alpha value is -2.00. The summed E-state index contributed by atoms with van der Waals surface area (Å²) in [6.45, 7) is 2.02. The largest absolute Gasteiger partial charge is 0.497 e. The minimum absolute atomic E-state index is 0.391. The van der Waals surface area contributed by atoms with E-state index in [2.05, 4.69) is 53.7 Å². The van der Waals surface area contributed by atoms with Crippen molar-refractivity contribution >= 4 is 5.69 Å². The van der Waals surface area contributed by atoms with Crippen LogP contribution in [0.15, 0.2) is 48.5 Å². The molecule has 1 atom stereocenters. The number of nitrogens with zero attached hydrogens (tertiary/aromatic N) is 1. The molecular formula is C18H22N2O. The Balaban J connectivity index is 1.74. The van der Waals surface area contributed by atoms with E-state index in [1.165, 1.54) is 16.8 Å². The van der Waals surface area contributed by atoms with Crippen LogP contribution >= 0.6 is 0 Å². The highest BCUT2D eigenvalue weighted by Crippen LogP contribution is 2.25. The van der Waals surface area contributed by atoms with Crippen LogP contribution in [0.1, 0.15) is 17.2 Å². The van der Waals surface area contributed by atoms with Crippen LogP contribution in [0.2, 0.25) is 0 Å². The van der Waals surface area contributed by atoms with Crippen LogP contribution in [0.3, 0.4) is 0 Å². The van der Waals surface area contributed by atoms with Crippen molar-refractivity contribution in [1.29, 1.82) is 0 Å². The first-order valence-electron chi connectivity index (χ1n) is 7.44. The standard InChI is InChI=1S/C18H22N2O/c1-20(15-7-9-16(21-2)10-8-15)13-18-17-6-4-3-5-14(17)11-12-19-18/h3-10,18-19H,11-13H2,1-2H3. The molecule has 3 heteroatoms. The molecule has 3 rings (SSSR count). The van der Waals surface area contributed by atoms with Crippen LogP contribution in [-0.2, 0) is 6.42 Å². The first kappa shape index (κ1) is 14.0. The zero-order valence-corrected chi connectivity index (χ0v) is 12.7. The number of benzene rings is 2. The summed E-state index contributed by atoms with van der Waals surface area (Å²) < 4.78 is 5.21. The van der Waals surface area contributed by atoms with Gasteiger partial charge in [0.1, 0.15) is 5.75 Å². The summed E-state index contributed by atoms with van der Waals surface area (Å²) in [6, 6.07) is 17.4. The SMILES string of the molecule is COc1ccc(N(C)CC2NCCc3ccccc32)cc1. The maximum atomic E-state index is 5.21. The van der Waals surface area contributed by atoms with Gasteiger partial charge in [-0.1, -0.05) is 24.3 Å². The van der Waals surface area contributed by atoms with Crippen molar-refractivity contribution < 1.29 is 4.74 Å². The summed E-state index contributed by atoms with van der Waals surface area (Å²) in [7, 11) is 3.84. The molecule has 2 aromatic carbocycles. The lowest BCUT2D eigenvalue weighted by Crippen LogP contribution is -2.37. The second-order valence-electron chi connectivity index (χ2n) is 5.53. The highest BCUT2D eigenvalue weighted by atomic mass is 16.5. The minimum Gasteiger partial charge on any atom is -0.497 e. The molecule has 2 aromatic rings. The van der Waals surface area contributed by atoms with E-state index in [0.29, 0.717) is 6.04 Å². The van der Waals surface area contributed by atoms with E-state index in [1.54, 1.807) is 7.11 Å². The molecule has 0 saturated carbocycles. The zero-order chi connectivity index (χ0) is 14.7. The molecule has 21 heavy (non-hydrogen) atoms. The molecule has 1 aliphatic heterocycles. The van der Waals surface area contributed by atoms with Crippen LogP contribution in [-0.4, -0.2) is 27.2 Å². The number of hydrogen-bond donors (Lipinski definition) is 1. The van der Waals surface area contributed by atoms with Gasteiger partial charge in [0.2, 0.25) is 0 Å². The molecule has 0 aromatic heterocycles. The van der Waals surface area contributed by atoms with Gasteiger partial charge in [-0.2, -0.15) is 0 Å². The third-order valence-corrected chi connectivity index (χ3v) is 4.19. The Morgan fingerprint density at radius 2 is 1.90 bits per heavy atom. The molecule has 1 aliphatic rings. The number of methoxy groups -OCH3 is 1. The Morgan fingerprint density at radius 3 is 2.67 bits per heavy atom. The van der Waals surface area contributed by atoms with Crippen molar-refractivity contribution in [3.8, 4) is 5.75 Å². The lowest BCUT2D eigenvalue weighted by Gasteiger charge is -2.31. The van der Waals surface area contributed by atoms with E-state index in [4.69, 9.17) is 4.74 Å². The van der Waals surface area contributed by atoms with Crippen molar-refractivity contribution in [3.05, 3.63) is 59.7 Å². The van der Waals surface area contributed by atoms with Crippen LogP contribution in [0.25, 0.3) is 0 Å². The van der Waals surface area contributed by atoms with Gasteiger partial charge in [-0.3, -0.25) is 0 Å². The number of ether oxygens (including phenoxy) is 1. The monoisotopic (exact) mass is 282 g/mol. The lowest BCUT2D eigenvalue weighted by molar-refractivity contribution is 0.415. The molecular weight excluding hydrogens is 260 g/mol. The molecule has 1 N–H and O–H groups in total. The molecule has 0 fully saturated rings. The number of nitrogens with one attached hydrogen (secondary N) is 1. The first-order valence-corrected chi connectivity index (χ1v) is 7.44. The summed E-state index contributed by atoms with van der Waals surface area (Å²) in [5.41, 5.74) is 4.12. The molecule has 1 unspecified atom stereocenters. The fourth-order valence-corrected chi connectivity index (χ4v) is 2.97. The number of hydrogen-bond acceptors (Lipinski definition) is 3. The van der Waals surface area contributed by atoms with Gasteiger partial charge in [-0.15, -0.1) is 0 Å². The summed E-state index contributed by atoms with van der Waals surface area (Å²) >= 11 is 0. The lowest BCUT2D eigenvalue weighted by atomic mass is 9.94. The average Bonchev–Trinajstić information content (AvgIpc) is 2.55. The van der Waals surface area contributed by atoms with Crippen molar-refractivity contribution in [2.75, 3.05) is 32.1 Å². The van der Waals surface area contributed by atoms with Crippen molar-refractivity contribution in [2.45, 2.75) is 12.5 Å². The molecule has 0 bridgehead atoms. The van der Waals surface area contributed by atoms with E-state index in [0.717, 1.165) is 25.3 Å². The third kappa shape index (κ3) is 3.03. The Labute approximate surface area is 126 Å². The van der Waals surface area contributed by atoms with Crippen LogP contribution in [0.5, 0.6) is 5.75 Å². The van der Waals surface area contributed by atoms with Crippen molar-refractivity contribution in [1.82, 2.24) is 5.32 Å². The predicted molar refractivity (Wildman–Crippen MR) is 87.2 cm³/mol. The topological polar surface area (TPSA) is 24.5 Å². The van der Waals surface area contributed by atoms with Gasteiger partial charge in [0.25, 0.3) is 0 Å². The van der Waals surface area contributed by atoms with Gasteiger partial charge in [-0.05, 0) is 48.4 Å². The van der Waals surface area contributed by atoms with Crippen LogP contribution in [0.4, 0.5) is 5.69 Å². The number of anilines is 1. The smallest absolute Gasteiger partial charge is 0.119 e. The molecule has 0 aliphatic carbocycles. The molecule has 0 radical (unpaired) electrons. The summed E-state index contributed by atoms with van der Waals surface area (Å²) in [6.07, 6.45) is 1.12. The fraction of sp³-hybridized carbons (Fsp3) is 0.333. The van der Waals surface area contributed by atoms with E-state index in [-0.39, 0.29) is 0 Å². The van der Waals surface area contributed by atoms with Gasteiger partial charge < -0.3 is 15.0 Å². The number of rotatable bonds is 4. The quantitative estimate of drug-likeness (QED) is 0.933. The van der Waals surface area contributed by atoms with Crippen molar-refractivity contribution in [3.63, 3.8) is 0 Å². The second-order valence-corrected chi connectivity index (χ2v) is 5.53. The zero-order valence-electron chi connectivity index (χ0n) is 12.7. The first-order chi connectivity index (χ1) is 10.3. The van der Waals surface area contributed by atoms with E-state index in [1.807, 2.05) is 12.1 Å². The number of fused-ring (bicyclic) bond motifs is 1.